The first-order valence-corrected chi connectivity index (χ1v) is 8.72. The maximum atomic E-state index is 4.42. The van der Waals surface area contributed by atoms with Crippen molar-refractivity contribution in [1.29, 1.82) is 0 Å². The molecule has 3 aromatic carbocycles. The topological polar surface area (TPSA) is 24.9 Å². The summed E-state index contributed by atoms with van der Waals surface area (Å²) in [5.41, 5.74) is 3.19. The summed E-state index contributed by atoms with van der Waals surface area (Å²) in [6, 6.07) is 25.4. The van der Waals surface area contributed by atoms with Gasteiger partial charge >= 0.3 is 0 Å². The monoisotopic (exact) mass is 326 g/mol. The van der Waals surface area contributed by atoms with Crippen molar-refractivity contribution >= 4 is 53.8 Å². The van der Waals surface area contributed by atoms with E-state index in [-0.39, 0.29) is 0 Å². The van der Waals surface area contributed by atoms with Gasteiger partial charge in [0.25, 0.3) is 0 Å². The van der Waals surface area contributed by atoms with Gasteiger partial charge in [0.2, 0.25) is 0 Å². The molecule has 0 aliphatic carbocycles. The minimum Gasteiger partial charge on any atom is -0.355 e. The Balaban J connectivity index is 1.62. The molecule has 0 spiro atoms. The zero-order chi connectivity index (χ0) is 15.9. The third kappa shape index (κ3) is 2.14. The first kappa shape index (κ1) is 13.5. The number of pyridine rings is 1. The maximum absolute atomic E-state index is 4.42. The molecule has 0 aliphatic rings. The van der Waals surface area contributed by atoms with Gasteiger partial charge in [0.15, 0.2) is 0 Å². The largest absolute Gasteiger partial charge is 0.355 e. The van der Waals surface area contributed by atoms with E-state index in [9.17, 15) is 0 Å². The van der Waals surface area contributed by atoms with Crippen molar-refractivity contribution in [2.45, 2.75) is 0 Å². The van der Waals surface area contributed by atoms with Crippen molar-refractivity contribution in [2.24, 2.45) is 0 Å². The van der Waals surface area contributed by atoms with Gasteiger partial charge in [-0.2, -0.15) is 0 Å². The first-order chi connectivity index (χ1) is 11.9. The van der Waals surface area contributed by atoms with E-state index >= 15 is 0 Å². The molecule has 5 aromatic rings. The number of hydrogen-bond donors (Lipinski definition) is 1. The van der Waals surface area contributed by atoms with E-state index in [0.29, 0.717) is 0 Å². The standard InChI is InChI=1S/C21H14N2S/c1-2-9-20-15(5-1)16-11-10-14(13-21(16)24-20)23-19-8-3-7-18-17(19)6-4-12-22-18/h1-13,23H. The quantitative estimate of drug-likeness (QED) is 0.409. The number of nitrogens with one attached hydrogen (secondary N) is 1. The van der Waals surface area contributed by atoms with Crippen LogP contribution in [0.5, 0.6) is 0 Å². The highest BCUT2D eigenvalue weighted by molar-refractivity contribution is 7.25. The van der Waals surface area contributed by atoms with Gasteiger partial charge in [0.1, 0.15) is 0 Å². The molecule has 2 aromatic heterocycles. The number of aromatic nitrogens is 1. The van der Waals surface area contributed by atoms with Crippen LogP contribution < -0.4 is 5.32 Å². The third-order valence-electron chi connectivity index (χ3n) is 4.30. The Morgan fingerprint density at radius 1 is 0.708 bits per heavy atom. The van der Waals surface area contributed by atoms with E-state index in [0.717, 1.165) is 22.3 Å². The van der Waals surface area contributed by atoms with Crippen LogP contribution in [0.1, 0.15) is 0 Å². The van der Waals surface area contributed by atoms with Gasteiger partial charge in [-0.3, -0.25) is 4.98 Å². The molecule has 0 unspecified atom stereocenters. The summed E-state index contributed by atoms with van der Waals surface area (Å²) < 4.78 is 2.64. The Kier molecular flexibility index (Phi) is 3.00. The average molecular weight is 326 g/mol. The molecule has 0 saturated heterocycles. The SMILES string of the molecule is c1cc(Nc2ccc3c(c2)sc2ccccc23)c2cccnc2c1. The molecular formula is C21H14N2S. The van der Waals surface area contributed by atoms with E-state index in [1.807, 2.05) is 35.7 Å². The van der Waals surface area contributed by atoms with Gasteiger partial charge in [-0.1, -0.05) is 30.3 Å². The van der Waals surface area contributed by atoms with E-state index in [2.05, 4.69) is 64.9 Å². The molecule has 24 heavy (non-hydrogen) atoms. The van der Waals surface area contributed by atoms with E-state index in [4.69, 9.17) is 0 Å². The van der Waals surface area contributed by atoms with Crippen LogP contribution in [-0.2, 0) is 0 Å². The molecule has 0 atom stereocenters. The lowest BCUT2D eigenvalue weighted by Gasteiger charge is -2.09. The van der Waals surface area contributed by atoms with Crippen LogP contribution in [0.3, 0.4) is 0 Å². The number of thiophene rings is 1. The summed E-state index contributed by atoms with van der Waals surface area (Å²) >= 11 is 1.84. The Morgan fingerprint density at radius 2 is 1.58 bits per heavy atom. The summed E-state index contributed by atoms with van der Waals surface area (Å²) in [6.07, 6.45) is 1.83. The average Bonchev–Trinajstić information content (AvgIpc) is 3.00. The number of hydrogen-bond acceptors (Lipinski definition) is 3. The first-order valence-electron chi connectivity index (χ1n) is 7.90. The zero-order valence-corrected chi connectivity index (χ0v) is 13.7. The highest BCUT2D eigenvalue weighted by Gasteiger charge is 2.06. The molecule has 0 aliphatic heterocycles. The van der Waals surface area contributed by atoms with Crippen molar-refractivity contribution in [3.8, 4) is 0 Å². The van der Waals surface area contributed by atoms with E-state index in [1.165, 1.54) is 20.2 Å². The highest BCUT2D eigenvalue weighted by atomic mass is 32.1. The fourth-order valence-electron chi connectivity index (χ4n) is 3.17. The summed E-state index contributed by atoms with van der Waals surface area (Å²) in [6.45, 7) is 0. The maximum Gasteiger partial charge on any atom is 0.0722 e. The minimum atomic E-state index is 1.01. The molecule has 2 heterocycles. The fourth-order valence-corrected chi connectivity index (χ4v) is 4.32. The Labute approximate surface area is 143 Å². The van der Waals surface area contributed by atoms with Crippen molar-refractivity contribution in [3.05, 3.63) is 79.0 Å². The second-order valence-corrected chi connectivity index (χ2v) is 6.89. The third-order valence-corrected chi connectivity index (χ3v) is 5.44. The van der Waals surface area contributed by atoms with Crippen LogP contribution in [0, 0.1) is 0 Å². The van der Waals surface area contributed by atoms with Crippen LogP contribution in [0.15, 0.2) is 79.0 Å². The van der Waals surface area contributed by atoms with Gasteiger partial charge in [0.05, 0.1) is 5.52 Å². The number of benzene rings is 3. The molecule has 0 saturated carbocycles. The molecule has 0 bridgehead atoms. The molecule has 3 heteroatoms. The smallest absolute Gasteiger partial charge is 0.0722 e. The molecule has 2 nitrogen and oxygen atoms in total. The van der Waals surface area contributed by atoms with Crippen LogP contribution in [0.2, 0.25) is 0 Å². The number of fused-ring (bicyclic) bond motifs is 4. The molecule has 5 rings (SSSR count). The van der Waals surface area contributed by atoms with Gasteiger partial charge in [-0.05, 0) is 42.5 Å². The molecular weight excluding hydrogens is 312 g/mol. The van der Waals surface area contributed by atoms with Gasteiger partial charge in [-0.15, -0.1) is 11.3 Å². The van der Waals surface area contributed by atoms with E-state index < -0.39 is 0 Å². The second kappa shape index (κ2) is 5.32. The Morgan fingerprint density at radius 3 is 2.58 bits per heavy atom. The van der Waals surface area contributed by atoms with Gasteiger partial charge in [0, 0.05) is 43.1 Å². The number of rotatable bonds is 2. The second-order valence-electron chi connectivity index (χ2n) is 5.81. The number of anilines is 2. The van der Waals surface area contributed by atoms with Crippen LogP contribution in [0.4, 0.5) is 11.4 Å². The lowest BCUT2D eigenvalue weighted by Crippen LogP contribution is -1.91. The Bertz CT molecular complexity index is 1180. The lowest BCUT2D eigenvalue weighted by molar-refractivity contribution is 1.41. The highest BCUT2D eigenvalue weighted by Crippen LogP contribution is 2.36. The summed E-state index contributed by atoms with van der Waals surface area (Å²) in [4.78, 5) is 4.42. The molecule has 114 valence electrons. The molecule has 1 N–H and O–H groups in total. The van der Waals surface area contributed by atoms with Crippen molar-refractivity contribution in [1.82, 2.24) is 4.98 Å². The minimum absolute atomic E-state index is 1.01. The fraction of sp³-hybridized carbons (Fsp3) is 0. The summed E-state index contributed by atoms with van der Waals surface area (Å²) in [5.74, 6) is 0. The predicted octanol–water partition coefficient (Wildman–Crippen LogP) is 6.35. The van der Waals surface area contributed by atoms with Crippen molar-refractivity contribution < 1.29 is 0 Å². The molecule has 0 fully saturated rings. The Hall–Kier alpha value is -2.91. The number of nitrogens with zero attached hydrogens (tertiary/aromatic N) is 1. The van der Waals surface area contributed by atoms with Crippen molar-refractivity contribution in [2.75, 3.05) is 5.32 Å². The molecule has 0 radical (unpaired) electrons. The van der Waals surface area contributed by atoms with Crippen LogP contribution in [-0.4, -0.2) is 4.98 Å². The zero-order valence-electron chi connectivity index (χ0n) is 12.9. The molecule has 0 amide bonds. The van der Waals surface area contributed by atoms with Crippen molar-refractivity contribution in [3.63, 3.8) is 0 Å². The van der Waals surface area contributed by atoms with E-state index in [1.54, 1.807) is 0 Å². The normalized spacial score (nSPS) is 11.3. The van der Waals surface area contributed by atoms with Gasteiger partial charge in [-0.25, -0.2) is 0 Å². The summed E-state index contributed by atoms with van der Waals surface area (Å²) in [7, 11) is 0. The van der Waals surface area contributed by atoms with Gasteiger partial charge < -0.3 is 5.32 Å². The van der Waals surface area contributed by atoms with Crippen LogP contribution >= 0.6 is 11.3 Å². The van der Waals surface area contributed by atoms with Crippen LogP contribution in [0.25, 0.3) is 31.1 Å². The summed E-state index contributed by atoms with van der Waals surface area (Å²) in [5, 5.41) is 7.34. The lowest BCUT2D eigenvalue weighted by atomic mass is 10.1. The predicted molar refractivity (Wildman–Crippen MR) is 104 cm³/mol.